The van der Waals surface area contributed by atoms with E-state index in [4.69, 9.17) is 4.74 Å². The van der Waals surface area contributed by atoms with Crippen molar-refractivity contribution in [3.63, 3.8) is 0 Å². The first-order valence-corrected chi connectivity index (χ1v) is 13.1. The first-order valence-electron chi connectivity index (χ1n) is 13.1. The third-order valence-corrected chi connectivity index (χ3v) is 7.14. The normalized spacial score (nSPS) is 11.1. The van der Waals surface area contributed by atoms with E-state index in [9.17, 15) is 19.8 Å². The topological polar surface area (TPSA) is 119 Å². The lowest BCUT2D eigenvalue weighted by Gasteiger charge is -2.23. The Labute approximate surface area is 236 Å². The molecular formula is C32H30N4O5. The summed E-state index contributed by atoms with van der Waals surface area (Å²) in [5.41, 5.74) is 1.75. The molecule has 9 heteroatoms. The first kappa shape index (κ1) is 27.4. The Kier molecular flexibility index (Phi) is 7.69. The molecule has 0 aliphatic rings. The fourth-order valence-electron chi connectivity index (χ4n) is 5.08. The molecule has 0 saturated carbocycles. The van der Waals surface area contributed by atoms with Crippen LogP contribution in [0.25, 0.3) is 0 Å². The molecule has 208 valence electrons. The summed E-state index contributed by atoms with van der Waals surface area (Å²) in [5.74, 6) is -1.19. The molecule has 0 spiro atoms. The van der Waals surface area contributed by atoms with E-state index < -0.39 is 17.0 Å². The summed E-state index contributed by atoms with van der Waals surface area (Å²) in [5, 5.41) is 22.5. The SMILES string of the molecule is COc1cccc(C(c2c(O)cc(C)n(Cc3ccccn3)c2=O)c2c(O)cc(C)n(Cc3ccccn3)c2=O)c1. The Morgan fingerprint density at radius 3 is 1.68 bits per heavy atom. The van der Waals surface area contributed by atoms with E-state index in [2.05, 4.69) is 9.97 Å². The van der Waals surface area contributed by atoms with Crippen molar-refractivity contribution < 1.29 is 14.9 Å². The predicted octanol–water partition coefficient (Wildman–Crippen LogP) is 4.11. The van der Waals surface area contributed by atoms with E-state index >= 15 is 0 Å². The van der Waals surface area contributed by atoms with E-state index in [1.54, 1.807) is 74.8 Å². The summed E-state index contributed by atoms with van der Waals surface area (Å²) in [4.78, 5) is 37.0. The van der Waals surface area contributed by atoms with E-state index in [0.717, 1.165) is 0 Å². The van der Waals surface area contributed by atoms with Crippen LogP contribution < -0.4 is 15.9 Å². The number of ether oxygens (including phenoxy) is 1. The van der Waals surface area contributed by atoms with Gasteiger partial charge in [-0.15, -0.1) is 0 Å². The summed E-state index contributed by atoms with van der Waals surface area (Å²) < 4.78 is 8.44. The molecule has 0 aliphatic heterocycles. The fourth-order valence-corrected chi connectivity index (χ4v) is 5.08. The molecule has 2 N–H and O–H groups in total. The zero-order valence-corrected chi connectivity index (χ0v) is 23.0. The number of aromatic nitrogens is 4. The number of pyridine rings is 4. The average molecular weight is 551 g/mol. The third kappa shape index (κ3) is 5.47. The van der Waals surface area contributed by atoms with Crippen LogP contribution in [0.3, 0.4) is 0 Å². The van der Waals surface area contributed by atoms with Gasteiger partial charge in [-0.3, -0.25) is 19.6 Å². The Morgan fingerprint density at radius 1 is 0.732 bits per heavy atom. The lowest BCUT2D eigenvalue weighted by Crippen LogP contribution is -2.33. The van der Waals surface area contributed by atoms with Crippen molar-refractivity contribution in [1.29, 1.82) is 0 Å². The molecule has 4 aromatic heterocycles. The molecule has 0 unspecified atom stereocenters. The fraction of sp³-hybridized carbons (Fsp3) is 0.188. The zero-order chi connectivity index (χ0) is 29.1. The lowest BCUT2D eigenvalue weighted by molar-refractivity contribution is 0.413. The van der Waals surface area contributed by atoms with Crippen LogP contribution >= 0.6 is 0 Å². The van der Waals surface area contributed by atoms with Crippen molar-refractivity contribution in [3.05, 3.63) is 145 Å². The van der Waals surface area contributed by atoms with E-state index in [1.165, 1.54) is 28.4 Å². The molecule has 1 aromatic carbocycles. The smallest absolute Gasteiger partial charge is 0.259 e. The summed E-state index contributed by atoms with van der Waals surface area (Å²) in [7, 11) is 1.51. The number of methoxy groups -OCH3 is 1. The molecule has 0 saturated heterocycles. The Bertz CT molecular complexity index is 1700. The van der Waals surface area contributed by atoms with Gasteiger partial charge >= 0.3 is 0 Å². The van der Waals surface area contributed by atoms with Gasteiger partial charge in [-0.25, -0.2) is 0 Å². The van der Waals surface area contributed by atoms with Gasteiger partial charge in [0.1, 0.15) is 17.2 Å². The van der Waals surface area contributed by atoms with Gasteiger partial charge < -0.3 is 24.1 Å². The quantitative estimate of drug-likeness (QED) is 0.298. The zero-order valence-electron chi connectivity index (χ0n) is 23.0. The van der Waals surface area contributed by atoms with Gasteiger partial charge in [-0.05, 0) is 67.9 Å². The molecule has 0 fully saturated rings. The molecule has 41 heavy (non-hydrogen) atoms. The van der Waals surface area contributed by atoms with Crippen LogP contribution in [0.2, 0.25) is 0 Å². The van der Waals surface area contributed by atoms with E-state index in [1.807, 2.05) is 12.1 Å². The van der Waals surface area contributed by atoms with Crippen LogP contribution in [0.5, 0.6) is 17.2 Å². The van der Waals surface area contributed by atoms with Crippen LogP contribution in [-0.4, -0.2) is 36.4 Å². The van der Waals surface area contributed by atoms with Crippen molar-refractivity contribution in [3.8, 4) is 17.2 Å². The van der Waals surface area contributed by atoms with E-state index in [-0.39, 0.29) is 35.7 Å². The highest BCUT2D eigenvalue weighted by Gasteiger charge is 2.31. The Balaban J connectivity index is 1.78. The number of hydrogen-bond acceptors (Lipinski definition) is 7. The van der Waals surface area contributed by atoms with Crippen LogP contribution in [0.4, 0.5) is 0 Å². The van der Waals surface area contributed by atoms with Gasteiger partial charge in [0.15, 0.2) is 0 Å². The summed E-state index contributed by atoms with van der Waals surface area (Å²) in [6.07, 6.45) is 3.29. The number of hydrogen-bond donors (Lipinski definition) is 2. The minimum absolute atomic E-state index is 0.0413. The largest absolute Gasteiger partial charge is 0.507 e. The van der Waals surface area contributed by atoms with Crippen molar-refractivity contribution in [2.45, 2.75) is 32.9 Å². The third-order valence-electron chi connectivity index (χ3n) is 7.14. The maximum atomic E-state index is 14.2. The number of nitrogens with zero attached hydrogens (tertiary/aromatic N) is 4. The van der Waals surface area contributed by atoms with Crippen molar-refractivity contribution in [2.75, 3.05) is 7.11 Å². The molecule has 0 radical (unpaired) electrons. The van der Waals surface area contributed by atoms with Crippen molar-refractivity contribution in [1.82, 2.24) is 19.1 Å². The Morgan fingerprint density at radius 2 is 1.24 bits per heavy atom. The molecule has 0 bridgehead atoms. The Hall–Kier alpha value is -5.18. The van der Waals surface area contributed by atoms with Gasteiger partial charge in [-0.1, -0.05) is 24.3 Å². The summed E-state index contributed by atoms with van der Waals surface area (Å²) >= 11 is 0. The molecule has 5 aromatic rings. The maximum Gasteiger partial charge on any atom is 0.259 e. The minimum atomic E-state index is -1.11. The number of benzene rings is 1. The van der Waals surface area contributed by atoms with Crippen LogP contribution in [0.15, 0.2) is 94.8 Å². The molecule has 9 nitrogen and oxygen atoms in total. The summed E-state index contributed by atoms with van der Waals surface area (Å²) in [6, 6.07) is 20.7. The second-order valence-corrected chi connectivity index (χ2v) is 9.80. The minimum Gasteiger partial charge on any atom is -0.507 e. The van der Waals surface area contributed by atoms with Crippen molar-refractivity contribution >= 4 is 0 Å². The number of rotatable bonds is 8. The highest BCUT2D eigenvalue weighted by Crippen LogP contribution is 2.38. The average Bonchev–Trinajstić information content (AvgIpc) is 2.97. The second kappa shape index (κ2) is 11.5. The maximum absolute atomic E-state index is 14.2. The molecule has 5 rings (SSSR count). The molecule has 0 atom stereocenters. The van der Waals surface area contributed by atoms with Crippen LogP contribution in [0.1, 0.15) is 45.4 Å². The number of aryl methyl sites for hydroxylation is 2. The van der Waals surface area contributed by atoms with Crippen LogP contribution in [-0.2, 0) is 13.1 Å². The lowest BCUT2D eigenvalue weighted by atomic mass is 9.84. The van der Waals surface area contributed by atoms with Gasteiger partial charge in [0.25, 0.3) is 11.1 Å². The molecule has 0 aliphatic carbocycles. The number of aromatic hydroxyl groups is 2. The standard InChI is InChI=1S/C32H30N4O5/c1-20-15-26(37)29(31(39)35(20)18-23-10-4-6-13-33-23)28(22-9-8-12-25(17-22)41-3)30-27(38)16-21(2)36(32(30)40)19-24-11-5-7-14-34-24/h4-17,28,37-38H,18-19H2,1-3H3. The second-order valence-electron chi connectivity index (χ2n) is 9.80. The highest BCUT2D eigenvalue weighted by molar-refractivity contribution is 5.53. The van der Waals surface area contributed by atoms with Crippen molar-refractivity contribution in [2.24, 2.45) is 0 Å². The van der Waals surface area contributed by atoms with Crippen LogP contribution in [0, 0.1) is 13.8 Å². The monoisotopic (exact) mass is 550 g/mol. The van der Waals surface area contributed by atoms with Gasteiger partial charge in [-0.2, -0.15) is 0 Å². The first-order chi connectivity index (χ1) is 19.8. The highest BCUT2D eigenvalue weighted by atomic mass is 16.5. The molecule has 4 heterocycles. The van der Waals surface area contributed by atoms with E-state index in [0.29, 0.717) is 34.1 Å². The predicted molar refractivity (Wildman–Crippen MR) is 155 cm³/mol. The molecular weight excluding hydrogens is 520 g/mol. The van der Waals surface area contributed by atoms with Gasteiger partial charge in [0.05, 0.1) is 48.6 Å². The van der Waals surface area contributed by atoms with Gasteiger partial charge in [0, 0.05) is 23.8 Å². The molecule has 0 amide bonds. The summed E-state index contributed by atoms with van der Waals surface area (Å²) in [6.45, 7) is 3.76. The van der Waals surface area contributed by atoms with Gasteiger partial charge in [0.2, 0.25) is 0 Å².